The second-order valence-electron chi connectivity index (χ2n) is 5.71. The molecule has 0 aliphatic rings. The number of hydrogen-bond donors (Lipinski definition) is 0. The molecule has 7 heteroatoms. The van der Waals surface area contributed by atoms with Gasteiger partial charge in [0, 0.05) is 12.1 Å². The van der Waals surface area contributed by atoms with E-state index in [1.807, 2.05) is 13.8 Å². The zero-order valence-electron chi connectivity index (χ0n) is 13.8. The van der Waals surface area contributed by atoms with Crippen LogP contribution >= 0.6 is 0 Å². The standard InChI is InChI=1S/C18H17NO6/c1-12(2)11-24-17(20)13-5-9-16(10-6-13)25-18(21)14-3-7-15(8-4-14)19(22)23/h3-10,12H,11H2,1-2H3. The SMILES string of the molecule is CC(C)COC(=O)c1ccc(OC(=O)c2ccc([N+](=O)[O-])cc2)cc1. The number of nitro groups is 1. The molecule has 25 heavy (non-hydrogen) atoms. The first kappa shape index (κ1) is 18.1. The number of hydrogen-bond acceptors (Lipinski definition) is 6. The molecule has 0 aliphatic carbocycles. The van der Waals surface area contributed by atoms with E-state index in [0.717, 1.165) is 0 Å². The number of non-ortho nitro benzene ring substituents is 1. The average Bonchev–Trinajstić information content (AvgIpc) is 2.60. The lowest BCUT2D eigenvalue weighted by Crippen LogP contribution is -2.11. The van der Waals surface area contributed by atoms with Gasteiger partial charge in [-0.1, -0.05) is 13.8 Å². The number of esters is 2. The fraction of sp³-hybridized carbons (Fsp3) is 0.222. The van der Waals surface area contributed by atoms with Crippen molar-refractivity contribution in [1.29, 1.82) is 0 Å². The van der Waals surface area contributed by atoms with Gasteiger partial charge in [-0.3, -0.25) is 10.1 Å². The van der Waals surface area contributed by atoms with Crippen molar-refractivity contribution in [2.75, 3.05) is 6.61 Å². The molecule has 0 bridgehead atoms. The van der Waals surface area contributed by atoms with Gasteiger partial charge in [-0.15, -0.1) is 0 Å². The summed E-state index contributed by atoms with van der Waals surface area (Å²) in [5, 5.41) is 10.6. The summed E-state index contributed by atoms with van der Waals surface area (Å²) in [6.45, 7) is 4.21. The van der Waals surface area contributed by atoms with Crippen LogP contribution in [0.25, 0.3) is 0 Å². The van der Waals surface area contributed by atoms with Crippen LogP contribution in [-0.4, -0.2) is 23.5 Å². The first-order valence-corrected chi connectivity index (χ1v) is 7.60. The van der Waals surface area contributed by atoms with Gasteiger partial charge >= 0.3 is 11.9 Å². The van der Waals surface area contributed by atoms with Crippen LogP contribution in [0.4, 0.5) is 5.69 Å². The number of carbonyl (C=O) groups excluding carboxylic acids is 2. The molecule has 0 saturated carbocycles. The highest BCUT2D eigenvalue weighted by Crippen LogP contribution is 2.17. The van der Waals surface area contributed by atoms with Crippen molar-refractivity contribution in [2.24, 2.45) is 5.92 Å². The largest absolute Gasteiger partial charge is 0.462 e. The number of nitro benzene ring substituents is 1. The summed E-state index contributed by atoms with van der Waals surface area (Å²) in [5.74, 6) is -0.596. The molecule has 0 fully saturated rings. The van der Waals surface area contributed by atoms with Gasteiger partial charge in [0.1, 0.15) is 5.75 Å². The average molecular weight is 343 g/mol. The maximum Gasteiger partial charge on any atom is 0.343 e. The van der Waals surface area contributed by atoms with E-state index in [1.165, 1.54) is 48.5 Å². The van der Waals surface area contributed by atoms with Crippen molar-refractivity contribution in [3.05, 3.63) is 69.8 Å². The number of ether oxygens (including phenoxy) is 2. The second-order valence-corrected chi connectivity index (χ2v) is 5.71. The highest BCUT2D eigenvalue weighted by molar-refractivity contribution is 5.92. The van der Waals surface area contributed by atoms with Gasteiger partial charge in [0.05, 0.1) is 22.7 Å². The Labute approximate surface area is 144 Å². The predicted molar refractivity (Wildman–Crippen MR) is 89.6 cm³/mol. The molecule has 0 aliphatic heterocycles. The molecule has 0 heterocycles. The summed E-state index contributed by atoms with van der Waals surface area (Å²) in [6, 6.07) is 11.1. The minimum absolute atomic E-state index is 0.110. The molecule has 2 aromatic carbocycles. The Hall–Kier alpha value is -3.22. The smallest absolute Gasteiger partial charge is 0.343 e. The van der Waals surface area contributed by atoms with Crippen LogP contribution in [0.3, 0.4) is 0 Å². The van der Waals surface area contributed by atoms with Gasteiger partial charge in [0.25, 0.3) is 5.69 Å². The zero-order chi connectivity index (χ0) is 18.4. The molecule has 2 aromatic rings. The Bertz CT molecular complexity index is 765. The van der Waals surface area contributed by atoms with Crippen LogP contribution in [0.2, 0.25) is 0 Å². The van der Waals surface area contributed by atoms with Crippen molar-refractivity contribution in [3.63, 3.8) is 0 Å². The van der Waals surface area contributed by atoms with Crippen molar-refractivity contribution >= 4 is 17.6 Å². The summed E-state index contributed by atoms with van der Waals surface area (Å²) < 4.78 is 10.3. The van der Waals surface area contributed by atoms with E-state index in [1.54, 1.807) is 0 Å². The maximum atomic E-state index is 12.0. The fourth-order valence-electron chi connectivity index (χ4n) is 1.87. The van der Waals surface area contributed by atoms with Gasteiger partial charge < -0.3 is 9.47 Å². The molecule has 0 aromatic heterocycles. The van der Waals surface area contributed by atoms with Gasteiger partial charge in [-0.2, -0.15) is 0 Å². The van der Waals surface area contributed by atoms with Crippen LogP contribution in [0.1, 0.15) is 34.6 Å². The molecular formula is C18H17NO6. The molecule has 0 spiro atoms. The molecular weight excluding hydrogens is 326 g/mol. The van der Waals surface area contributed by atoms with E-state index in [2.05, 4.69) is 0 Å². The summed E-state index contributed by atoms with van der Waals surface area (Å²) >= 11 is 0. The van der Waals surface area contributed by atoms with Crippen LogP contribution in [-0.2, 0) is 4.74 Å². The normalized spacial score (nSPS) is 10.4. The van der Waals surface area contributed by atoms with Gasteiger partial charge in [0.2, 0.25) is 0 Å². The number of carbonyl (C=O) groups is 2. The summed E-state index contributed by atoms with van der Waals surface area (Å²) in [4.78, 5) is 33.9. The van der Waals surface area contributed by atoms with Crippen LogP contribution in [0.5, 0.6) is 5.75 Å². The lowest BCUT2D eigenvalue weighted by molar-refractivity contribution is -0.384. The molecule has 0 N–H and O–H groups in total. The molecule has 2 rings (SSSR count). The van der Waals surface area contributed by atoms with Crippen molar-refractivity contribution in [1.82, 2.24) is 0 Å². The summed E-state index contributed by atoms with van der Waals surface area (Å²) in [6.07, 6.45) is 0. The Balaban J connectivity index is 1.99. The van der Waals surface area contributed by atoms with E-state index < -0.39 is 16.9 Å². The van der Waals surface area contributed by atoms with Crippen molar-refractivity contribution in [2.45, 2.75) is 13.8 Å². The molecule has 0 amide bonds. The number of nitrogens with zero attached hydrogens (tertiary/aromatic N) is 1. The lowest BCUT2D eigenvalue weighted by Gasteiger charge is -2.08. The topological polar surface area (TPSA) is 95.7 Å². The third-order valence-electron chi connectivity index (χ3n) is 3.16. The van der Waals surface area contributed by atoms with E-state index in [0.29, 0.717) is 12.2 Å². The van der Waals surface area contributed by atoms with Gasteiger partial charge in [0.15, 0.2) is 0 Å². The minimum atomic E-state index is -0.648. The van der Waals surface area contributed by atoms with E-state index >= 15 is 0 Å². The fourth-order valence-corrected chi connectivity index (χ4v) is 1.87. The Morgan fingerprint density at radius 1 is 0.960 bits per heavy atom. The first-order chi connectivity index (χ1) is 11.9. The number of rotatable bonds is 6. The van der Waals surface area contributed by atoms with E-state index in [-0.39, 0.29) is 22.9 Å². The molecule has 0 saturated heterocycles. The molecule has 0 radical (unpaired) electrons. The molecule has 130 valence electrons. The highest BCUT2D eigenvalue weighted by atomic mass is 16.6. The first-order valence-electron chi connectivity index (χ1n) is 7.60. The monoisotopic (exact) mass is 343 g/mol. The summed E-state index contributed by atoms with van der Waals surface area (Å²) in [5.41, 5.74) is 0.433. The third-order valence-corrected chi connectivity index (χ3v) is 3.16. The van der Waals surface area contributed by atoms with Crippen LogP contribution in [0.15, 0.2) is 48.5 Å². The van der Waals surface area contributed by atoms with Crippen LogP contribution < -0.4 is 4.74 Å². The van der Waals surface area contributed by atoms with E-state index in [9.17, 15) is 19.7 Å². The maximum absolute atomic E-state index is 12.0. The summed E-state index contributed by atoms with van der Waals surface area (Å²) in [7, 11) is 0. The van der Waals surface area contributed by atoms with E-state index in [4.69, 9.17) is 9.47 Å². The molecule has 0 unspecified atom stereocenters. The van der Waals surface area contributed by atoms with Crippen molar-refractivity contribution < 1.29 is 24.0 Å². The minimum Gasteiger partial charge on any atom is -0.462 e. The zero-order valence-corrected chi connectivity index (χ0v) is 13.8. The molecule has 0 atom stereocenters. The Morgan fingerprint density at radius 2 is 1.48 bits per heavy atom. The third kappa shape index (κ3) is 5.13. The Kier molecular flexibility index (Phi) is 5.84. The van der Waals surface area contributed by atoms with Gasteiger partial charge in [-0.05, 0) is 42.3 Å². The highest BCUT2D eigenvalue weighted by Gasteiger charge is 2.13. The Morgan fingerprint density at radius 3 is 2.00 bits per heavy atom. The predicted octanol–water partition coefficient (Wildman–Crippen LogP) is 3.63. The van der Waals surface area contributed by atoms with Gasteiger partial charge in [-0.25, -0.2) is 9.59 Å². The molecule has 7 nitrogen and oxygen atoms in total. The van der Waals surface area contributed by atoms with Crippen LogP contribution in [0, 0.1) is 16.0 Å². The quantitative estimate of drug-likeness (QED) is 0.344. The lowest BCUT2D eigenvalue weighted by atomic mass is 10.2. The second kappa shape index (κ2) is 8.05. The number of benzene rings is 2. The van der Waals surface area contributed by atoms with Crippen molar-refractivity contribution in [3.8, 4) is 5.75 Å².